The van der Waals surface area contributed by atoms with Gasteiger partial charge in [0.2, 0.25) is 5.91 Å². The normalized spacial score (nSPS) is 10.8. The van der Waals surface area contributed by atoms with E-state index in [1.807, 2.05) is 48.0 Å². The van der Waals surface area contributed by atoms with Crippen LogP contribution in [0.25, 0.3) is 16.9 Å². The molecule has 0 aliphatic carbocycles. The first-order valence-electron chi connectivity index (χ1n) is 5.99. The summed E-state index contributed by atoms with van der Waals surface area (Å²) < 4.78 is 1.96. The molecule has 94 valence electrons. The van der Waals surface area contributed by atoms with Gasteiger partial charge in [0.1, 0.15) is 5.65 Å². The number of amides is 1. The molecule has 0 spiro atoms. The Morgan fingerprint density at radius 3 is 2.89 bits per heavy atom. The average molecular weight is 251 g/mol. The molecule has 1 aromatic carbocycles. The summed E-state index contributed by atoms with van der Waals surface area (Å²) in [6.07, 6.45) is 3.91. The van der Waals surface area contributed by atoms with Crippen LogP contribution in [0.2, 0.25) is 0 Å². The van der Waals surface area contributed by atoms with Crippen LogP contribution in [0.15, 0.2) is 48.8 Å². The van der Waals surface area contributed by atoms with Crippen molar-refractivity contribution in [2.45, 2.75) is 6.92 Å². The van der Waals surface area contributed by atoms with Gasteiger partial charge in [0.15, 0.2) is 0 Å². The molecule has 0 fully saturated rings. The average Bonchev–Trinajstić information content (AvgIpc) is 2.81. The summed E-state index contributed by atoms with van der Waals surface area (Å²) in [6, 6.07) is 11.2. The summed E-state index contributed by atoms with van der Waals surface area (Å²) in [5.74, 6) is -0.429. The summed E-state index contributed by atoms with van der Waals surface area (Å²) in [5, 5.41) is 0. The molecule has 0 atom stereocenters. The van der Waals surface area contributed by atoms with E-state index in [1.165, 1.54) is 0 Å². The molecule has 0 bridgehead atoms. The molecule has 0 saturated carbocycles. The van der Waals surface area contributed by atoms with Gasteiger partial charge in [-0.25, -0.2) is 4.98 Å². The van der Waals surface area contributed by atoms with Gasteiger partial charge in [-0.2, -0.15) is 0 Å². The van der Waals surface area contributed by atoms with Gasteiger partial charge in [0.05, 0.1) is 5.69 Å². The monoisotopic (exact) mass is 251 g/mol. The number of hydrogen-bond acceptors (Lipinski definition) is 2. The lowest BCUT2D eigenvalue weighted by atomic mass is 10.1. The summed E-state index contributed by atoms with van der Waals surface area (Å²) in [4.78, 5) is 15.8. The van der Waals surface area contributed by atoms with Crippen LogP contribution in [0, 0.1) is 6.92 Å². The Bertz CT molecular complexity index is 774. The highest BCUT2D eigenvalue weighted by atomic mass is 16.1. The molecular formula is C15H13N3O. The van der Waals surface area contributed by atoms with Crippen molar-refractivity contribution < 1.29 is 4.79 Å². The van der Waals surface area contributed by atoms with Crippen molar-refractivity contribution in [1.82, 2.24) is 9.38 Å². The van der Waals surface area contributed by atoms with Crippen LogP contribution in [-0.2, 0) is 0 Å². The predicted octanol–water partition coefficient (Wildman–Crippen LogP) is 2.41. The van der Waals surface area contributed by atoms with Crippen molar-refractivity contribution in [2.75, 3.05) is 0 Å². The summed E-state index contributed by atoms with van der Waals surface area (Å²) in [6.45, 7) is 2.03. The number of nitrogens with two attached hydrogens (primary N) is 1. The number of aryl methyl sites for hydroxylation is 1. The number of pyridine rings is 1. The highest BCUT2D eigenvalue weighted by molar-refractivity contribution is 5.94. The van der Waals surface area contributed by atoms with Gasteiger partial charge in [-0.1, -0.05) is 12.1 Å². The Morgan fingerprint density at radius 1 is 1.26 bits per heavy atom. The van der Waals surface area contributed by atoms with Crippen molar-refractivity contribution in [2.24, 2.45) is 5.73 Å². The topological polar surface area (TPSA) is 60.4 Å². The van der Waals surface area contributed by atoms with Crippen LogP contribution < -0.4 is 5.73 Å². The first kappa shape index (κ1) is 11.5. The molecule has 0 aliphatic rings. The number of rotatable bonds is 2. The third-order valence-electron chi connectivity index (χ3n) is 3.06. The van der Waals surface area contributed by atoms with Gasteiger partial charge in [-0.3, -0.25) is 4.79 Å². The molecule has 4 nitrogen and oxygen atoms in total. The first-order chi connectivity index (χ1) is 9.13. The van der Waals surface area contributed by atoms with E-state index < -0.39 is 5.91 Å². The van der Waals surface area contributed by atoms with Gasteiger partial charge in [-0.05, 0) is 36.8 Å². The van der Waals surface area contributed by atoms with Gasteiger partial charge < -0.3 is 10.1 Å². The Balaban J connectivity index is 2.13. The lowest BCUT2D eigenvalue weighted by Gasteiger charge is -1.98. The fourth-order valence-electron chi connectivity index (χ4n) is 2.05. The molecule has 0 radical (unpaired) electrons. The number of hydrogen-bond donors (Lipinski definition) is 1. The molecule has 0 unspecified atom stereocenters. The van der Waals surface area contributed by atoms with Crippen molar-refractivity contribution >= 4 is 11.6 Å². The Morgan fingerprint density at radius 2 is 2.11 bits per heavy atom. The third kappa shape index (κ3) is 2.08. The van der Waals surface area contributed by atoms with E-state index in [1.54, 1.807) is 12.1 Å². The number of nitrogens with zero attached hydrogens (tertiary/aromatic N) is 2. The largest absolute Gasteiger partial charge is 0.366 e. The molecule has 3 aromatic rings. The van der Waals surface area contributed by atoms with Crippen LogP contribution in [0.1, 0.15) is 15.9 Å². The molecule has 2 N–H and O–H groups in total. The fourth-order valence-corrected chi connectivity index (χ4v) is 2.05. The predicted molar refractivity (Wildman–Crippen MR) is 73.9 cm³/mol. The maximum atomic E-state index is 11.2. The molecule has 2 aromatic heterocycles. The number of carbonyl (C=O) groups is 1. The van der Waals surface area contributed by atoms with E-state index in [4.69, 9.17) is 5.73 Å². The number of aromatic nitrogens is 2. The second-order valence-electron chi connectivity index (χ2n) is 4.54. The van der Waals surface area contributed by atoms with E-state index >= 15 is 0 Å². The Kier molecular flexibility index (Phi) is 2.56. The van der Waals surface area contributed by atoms with Crippen molar-refractivity contribution in [3.63, 3.8) is 0 Å². The Labute approximate surface area is 110 Å². The highest BCUT2D eigenvalue weighted by Gasteiger charge is 2.07. The molecule has 3 rings (SSSR count). The molecule has 2 heterocycles. The van der Waals surface area contributed by atoms with Crippen molar-refractivity contribution in [3.8, 4) is 11.3 Å². The van der Waals surface area contributed by atoms with Crippen LogP contribution in [-0.4, -0.2) is 15.3 Å². The zero-order valence-electron chi connectivity index (χ0n) is 10.5. The van der Waals surface area contributed by atoms with Crippen LogP contribution in [0.3, 0.4) is 0 Å². The number of benzene rings is 1. The van der Waals surface area contributed by atoms with E-state index in [0.29, 0.717) is 5.56 Å². The number of imidazole rings is 1. The molecule has 0 aliphatic heterocycles. The highest BCUT2D eigenvalue weighted by Crippen LogP contribution is 2.20. The third-order valence-corrected chi connectivity index (χ3v) is 3.06. The SMILES string of the molecule is Cc1ccn2cc(-c3cccc(C(N)=O)c3)nc2c1. The van der Waals surface area contributed by atoms with Crippen LogP contribution >= 0.6 is 0 Å². The smallest absolute Gasteiger partial charge is 0.248 e. The standard InChI is InChI=1S/C15H13N3O/c1-10-5-6-18-9-13(17-14(18)7-10)11-3-2-4-12(8-11)15(16)19/h2-9H,1H3,(H2,16,19). The number of carbonyl (C=O) groups excluding carboxylic acids is 1. The van der Waals surface area contributed by atoms with Crippen molar-refractivity contribution in [1.29, 1.82) is 0 Å². The van der Waals surface area contributed by atoms with Gasteiger partial charge in [-0.15, -0.1) is 0 Å². The molecule has 4 heteroatoms. The second kappa shape index (κ2) is 4.24. The van der Waals surface area contributed by atoms with E-state index in [2.05, 4.69) is 4.98 Å². The maximum absolute atomic E-state index is 11.2. The summed E-state index contributed by atoms with van der Waals surface area (Å²) >= 11 is 0. The minimum absolute atomic E-state index is 0.429. The minimum atomic E-state index is -0.429. The van der Waals surface area contributed by atoms with Gasteiger partial charge >= 0.3 is 0 Å². The van der Waals surface area contributed by atoms with E-state index in [9.17, 15) is 4.79 Å². The van der Waals surface area contributed by atoms with Crippen LogP contribution in [0.5, 0.6) is 0 Å². The molecular weight excluding hydrogens is 238 g/mol. The lowest BCUT2D eigenvalue weighted by Crippen LogP contribution is -2.10. The minimum Gasteiger partial charge on any atom is -0.366 e. The van der Waals surface area contributed by atoms with Crippen molar-refractivity contribution in [3.05, 3.63) is 59.9 Å². The lowest BCUT2D eigenvalue weighted by molar-refractivity contribution is 0.100. The zero-order chi connectivity index (χ0) is 13.4. The molecule has 1 amide bonds. The van der Waals surface area contributed by atoms with Gasteiger partial charge in [0, 0.05) is 23.5 Å². The number of primary amides is 1. The quantitative estimate of drug-likeness (QED) is 0.760. The molecule has 19 heavy (non-hydrogen) atoms. The second-order valence-corrected chi connectivity index (χ2v) is 4.54. The van der Waals surface area contributed by atoms with E-state index in [-0.39, 0.29) is 0 Å². The molecule has 0 saturated heterocycles. The van der Waals surface area contributed by atoms with E-state index in [0.717, 1.165) is 22.5 Å². The first-order valence-corrected chi connectivity index (χ1v) is 5.99. The summed E-state index contributed by atoms with van der Waals surface area (Å²) in [5.41, 5.74) is 9.55. The van der Waals surface area contributed by atoms with Crippen LogP contribution in [0.4, 0.5) is 0 Å². The van der Waals surface area contributed by atoms with Gasteiger partial charge in [0.25, 0.3) is 0 Å². The Hall–Kier alpha value is -2.62. The fraction of sp³-hybridized carbons (Fsp3) is 0.0667. The maximum Gasteiger partial charge on any atom is 0.248 e. The zero-order valence-corrected chi connectivity index (χ0v) is 10.5. The number of fused-ring (bicyclic) bond motifs is 1. The summed E-state index contributed by atoms with van der Waals surface area (Å²) in [7, 11) is 0.